The third-order valence-corrected chi connectivity index (χ3v) is 4.31. The van der Waals surface area contributed by atoms with E-state index >= 15 is 0 Å². The predicted octanol–water partition coefficient (Wildman–Crippen LogP) is 3.04. The molecule has 0 aliphatic carbocycles. The molecule has 0 bridgehead atoms. The van der Waals surface area contributed by atoms with E-state index in [-0.39, 0.29) is 35.9 Å². The third-order valence-electron chi connectivity index (χ3n) is 4.31. The highest BCUT2D eigenvalue weighted by Crippen LogP contribution is 2.24. The van der Waals surface area contributed by atoms with Crippen LogP contribution in [0.4, 0.5) is 11.4 Å². The summed E-state index contributed by atoms with van der Waals surface area (Å²) in [6.45, 7) is 5.22. The van der Waals surface area contributed by atoms with Crippen molar-refractivity contribution in [2.75, 3.05) is 18.5 Å². The molecule has 0 fully saturated rings. The molecule has 0 aromatic heterocycles. The second-order valence-electron chi connectivity index (χ2n) is 6.35. The molecule has 2 rings (SSSR count). The highest BCUT2D eigenvalue weighted by molar-refractivity contribution is 6.03. The molecule has 0 aliphatic rings. The van der Waals surface area contributed by atoms with Crippen molar-refractivity contribution < 1.29 is 24.4 Å². The molecule has 0 heterocycles. The summed E-state index contributed by atoms with van der Waals surface area (Å²) in [7, 11) is 0. The number of esters is 1. The standard InChI is InChI=1S/C20H22N2O6/c1-12-4-5-15(10-13(12)2)19(24)14(3)28-20(25)17-11-16(22(26)27)6-7-18(17)21-8-9-23/h4-7,10-11,14,21,23H,8-9H2,1-3H3/t14-/m1/s1. The Bertz CT molecular complexity index is 910. The number of nitrogens with zero attached hydrogens (tertiary/aromatic N) is 1. The zero-order chi connectivity index (χ0) is 20.8. The smallest absolute Gasteiger partial charge is 0.341 e. The Morgan fingerprint density at radius 3 is 2.50 bits per heavy atom. The van der Waals surface area contributed by atoms with Crippen LogP contribution in [-0.4, -0.2) is 41.0 Å². The maximum Gasteiger partial charge on any atom is 0.341 e. The number of benzene rings is 2. The van der Waals surface area contributed by atoms with Crippen LogP contribution in [0.2, 0.25) is 0 Å². The second-order valence-corrected chi connectivity index (χ2v) is 6.35. The maximum absolute atomic E-state index is 12.6. The number of carbonyl (C=O) groups excluding carboxylic acids is 2. The molecular formula is C20H22N2O6. The number of nitrogens with one attached hydrogen (secondary N) is 1. The highest BCUT2D eigenvalue weighted by atomic mass is 16.6. The quantitative estimate of drug-likeness (QED) is 0.310. The molecule has 0 amide bonds. The first-order chi connectivity index (χ1) is 13.2. The summed E-state index contributed by atoms with van der Waals surface area (Å²) in [5, 5.41) is 22.8. The number of hydrogen-bond acceptors (Lipinski definition) is 7. The number of aliphatic hydroxyl groups excluding tert-OH is 1. The molecule has 0 saturated heterocycles. The number of hydrogen-bond donors (Lipinski definition) is 2. The van der Waals surface area contributed by atoms with Gasteiger partial charge in [-0.2, -0.15) is 0 Å². The fraction of sp³-hybridized carbons (Fsp3) is 0.300. The van der Waals surface area contributed by atoms with Gasteiger partial charge in [-0.3, -0.25) is 14.9 Å². The minimum atomic E-state index is -1.07. The summed E-state index contributed by atoms with van der Waals surface area (Å²) in [6.07, 6.45) is -1.07. The number of non-ortho nitro benzene ring substituents is 1. The normalized spacial score (nSPS) is 11.6. The van der Waals surface area contributed by atoms with E-state index in [1.54, 1.807) is 12.1 Å². The lowest BCUT2D eigenvalue weighted by molar-refractivity contribution is -0.384. The first-order valence-electron chi connectivity index (χ1n) is 8.70. The van der Waals surface area contributed by atoms with Gasteiger partial charge in [-0.15, -0.1) is 0 Å². The van der Waals surface area contributed by atoms with Crippen molar-refractivity contribution >= 4 is 23.1 Å². The van der Waals surface area contributed by atoms with E-state index in [0.717, 1.165) is 17.2 Å². The molecule has 8 nitrogen and oxygen atoms in total. The number of carbonyl (C=O) groups is 2. The summed E-state index contributed by atoms with van der Waals surface area (Å²) in [5.74, 6) is -1.24. The Morgan fingerprint density at radius 1 is 1.18 bits per heavy atom. The molecule has 28 heavy (non-hydrogen) atoms. The summed E-state index contributed by atoms with van der Waals surface area (Å²) in [4.78, 5) is 35.5. The Morgan fingerprint density at radius 2 is 1.89 bits per heavy atom. The lowest BCUT2D eigenvalue weighted by Crippen LogP contribution is -2.25. The van der Waals surface area contributed by atoms with Crippen LogP contribution in [0.1, 0.15) is 38.8 Å². The van der Waals surface area contributed by atoms with E-state index in [0.29, 0.717) is 5.56 Å². The van der Waals surface area contributed by atoms with E-state index in [2.05, 4.69) is 5.32 Å². The average Bonchev–Trinajstić information content (AvgIpc) is 2.67. The van der Waals surface area contributed by atoms with Crippen LogP contribution in [0, 0.1) is 24.0 Å². The fourth-order valence-electron chi connectivity index (χ4n) is 2.57. The van der Waals surface area contributed by atoms with Crippen molar-refractivity contribution in [1.82, 2.24) is 0 Å². The zero-order valence-electron chi connectivity index (χ0n) is 15.9. The van der Waals surface area contributed by atoms with Crippen molar-refractivity contribution in [3.05, 3.63) is 68.8 Å². The molecule has 2 N–H and O–H groups in total. The van der Waals surface area contributed by atoms with Gasteiger partial charge in [0.05, 0.1) is 17.1 Å². The van der Waals surface area contributed by atoms with Gasteiger partial charge in [0.25, 0.3) is 5.69 Å². The van der Waals surface area contributed by atoms with Crippen LogP contribution in [0.3, 0.4) is 0 Å². The summed E-state index contributed by atoms with van der Waals surface area (Å²) in [6, 6.07) is 8.88. The number of ether oxygens (including phenoxy) is 1. The molecule has 2 aromatic carbocycles. The van der Waals surface area contributed by atoms with Gasteiger partial charge < -0.3 is 15.2 Å². The monoisotopic (exact) mass is 386 g/mol. The van der Waals surface area contributed by atoms with Gasteiger partial charge in [0.1, 0.15) is 0 Å². The SMILES string of the molecule is Cc1ccc(C(=O)[C@@H](C)OC(=O)c2cc([N+](=O)[O-])ccc2NCCO)cc1C. The topological polar surface area (TPSA) is 119 Å². The number of aryl methyl sites for hydroxylation is 2. The summed E-state index contributed by atoms with van der Waals surface area (Å²) >= 11 is 0. The molecule has 0 saturated carbocycles. The Hall–Kier alpha value is -3.26. The van der Waals surface area contributed by atoms with Gasteiger partial charge in [0.2, 0.25) is 5.78 Å². The van der Waals surface area contributed by atoms with Crippen LogP contribution < -0.4 is 5.32 Å². The van der Waals surface area contributed by atoms with Crippen LogP contribution in [0.5, 0.6) is 0 Å². The number of nitro benzene ring substituents is 1. The van der Waals surface area contributed by atoms with Crippen LogP contribution in [0.25, 0.3) is 0 Å². The second kappa shape index (κ2) is 9.09. The van der Waals surface area contributed by atoms with E-state index in [1.165, 1.54) is 19.1 Å². The Labute approximate surface area is 162 Å². The molecule has 2 aromatic rings. The number of rotatable bonds is 8. The molecular weight excluding hydrogens is 364 g/mol. The van der Waals surface area contributed by atoms with Crippen molar-refractivity contribution in [1.29, 1.82) is 0 Å². The predicted molar refractivity (Wildman–Crippen MR) is 104 cm³/mol. The number of anilines is 1. The Balaban J connectivity index is 2.24. The molecule has 0 spiro atoms. The van der Waals surface area contributed by atoms with E-state index in [4.69, 9.17) is 9.84 Å². The van der Waals surface area contributed by atoms with Gasteiger partial charge in [0, 0.05) is 29.9 Å². The molecule has 1 atom stereocenters. The van der Waals surface area contributed by atoms with Gasteiger partial charge in [-0.05, 0) is 44.0 Å². The van der Waals surface area contributed by atoms with Gasteiger partial charge in [0.15, 0.2) is 6.10 Å². The fourth-order valence-corrected chi connectivity index (χ4v) is 2.57. The minimum Gasteiger partial charge on any atom is -0.451 e. The van der Waals surface area contributed by atoms with Crippen molar-refractivity contribution in [3.63, 3.8) is 0 Å². The van der Waals surface area contributed by atoms with E-state index in [9.17, 15) is 19.7 Å². The number of nitro groups is 1. The van der Waals surface area contributed by atoms with E-state index < -0.39 is 17.0 Å². The average molecular weight is 386 g/mol. The van der Waals surface area contributed by atoms with Gasteiger partial charge in [-0.1, -0.05) is 12.1 Å². The Kier molecular flexibility index (Phi) is 6.84. The lowest BCUT2D eigenvalue weighted by Gasteiger charge is -2.15. The maximum atomic E-state index is 12.6. The molecule has 0 unspecified atom stereocenters. The van der Waals surface area contributed by atoms with Crippen molar-refractivity contribution in [2.45, 2.75) is 26.9 Å². The number of ketones is 1. The lowest BCUT2D eigenvalue weighted by atomic mass is 10.0. The molecule has 8 heteroatoms. The van der Waals surface area contributed by atoms with E-state index in [1.807, 2.05) is 19.9 Å². The minimum absolute atomic E-state index is 0.0811. The first kappa shape index (κ1) is 21.0. The third kappa shape index (κ3) is 4.92. The van der Waals surface area contributed by atoms with Crippen LogP contribution >= 0.6 is 0 Å². The van der Waals surface area contributed by atoms with Crippen molar-refractivity contribution in [3.8, 4) is 0 Å². The zero-order valence-corrected chi connectivity index (χ0v) is 15.9. The largest absolute Gasteiger partial charge is 0.451 e. The van der Waals surface area contributed by atoms with Crippen LogP contribution in [0.15, 0.2) is 36.4 Å². The van der Waals surface area contributed by atoms with Crippen molar-refractivity contribution in [2.24, 2.45) is 0 Å². The van der Waals surface area contributed by atoms with Gasteiger partial charge in [-0.25, -0.2) is 4.79 Å². The first-order valence-corrected chi connectivity index (χ1v) is 8.70. The molecule has 0 aliphatic heterocycles. The number of Topliss-reactive ketones (excluding diaryl/α,β-unsaturated/α-hetero) is 1. The summed E-state index contributed by atoms with van der Waals surface area (Å²) < 4.78 is 5.26. The molecule has 0 radical (unpaired) electrons. The van der Waals surface area contributed by atoms with Crippen LogP contribution in [-0.2, 0) is 4.74 Å². The number of aliphatic hydroxyl groups is 1. The highest BCUT2D eigenvalue weighted by Gasteiger charge is 2.24. The molecule has 148 valence electrons. The van der Waals surface area contributed by atoms with Gasteiger partial charge >= 0.3 is 5.97 Å². The summed E-state index contributed by atoms with van der Waals surface area (Å²) in [5.41, 5.74) is 2.31.